The van der Waals surface area contributed by atoms with E-state index < -0.39 is 0 Å². The van der Waals surface area contributed by atoms with Gasteiger partial charge in [-0.3, -0.25) is 0 Å². The number of hydrogen-bond acceptors (Lipinski definition) is 0. The van der Waals surface area contributed by atoms with Crippen LogP contribution in [-0.2, 0) is 5.41 Å². The molecule has 0 saturated heterocycles. The zero-order valence-corrected chi connectivity index (χ0v) is 18.4. The number of benzene rings is 3. The maximum Gasteiger partial charge on any atom is 0.0175 e. The molecule has 0 aliphatic heterocycles. The van der Waals surface area contributed by atoms with E-state index in [-0.39, 0.29) is 5.41 Å². The molecule has 0 heterocycles. The minimum atomic E-state index is 0.158. The van der Waals surface area contributed by atoms with E-state index >= 15 is 0 Å². The van der Waals surface area contributed by atoms with Gasteiger partial charge in [0.1, 0.15) is 0 Å². The molecular formula is C24H22Br2. The Labute approximate surface area is 173 Å². The van der Waals surface area contributed by atoms with Gasteiger partial charge in [-0.25, -0.2) is 0 Å². The molecule has 26 heavy (non-hydrogen) atoms. The lowest BCUT2D eigenvalue weighted by atomic mass is 9.85. The Hall–Kier alpha value is -1.64. The number of hydrogen-bond donors (Lipinski definition) is 0. The molecule has 0 saturated carbocycles. The first-order chi connectivity index (χ1) is 12.3. The van der Waals surface area contributed by atoms with Crippen molar-refractivity contribution in [2.45, 2.75) is 26.2 Å². The summed E-state index contributed by atoms with van der Waals surface area (Å²) in [6.45, 7) is 6.74. The predicted molar refractivity (Wildman–Crippen MR) is 120 cm³/mol. The van der Waals surface area contributed by atoms with Crippen molar-refractivity contribution in [1.82, 2.24) is 0 Å². The van der Waals surface area contributed by atoms with Gasteiger partial charge in [0.15, 0.2) is 0 Å². The molecule has 0 aromatic heterocycles. The molecule has 0 nitrogen and oxygen atoms in total. The summed E-state index contributed by atoms with van der Waals surface area (Å²) in [6.07, 6.45) is 2.25. The first-order valence-corrected chi connectivity index (χ1v) is 10.3. The molecule has 2 heteroatoms. The molecule has 0 bridgehead atoms. The summed E-state index contributed by atoms with van der Waals surface area (Å²) in [5, 5.41) is 0. The van der Waals surface area contributed by atoms with E-state index in [4.69, 9.17) is 0 Å². The van der Waals surface area contributed by atoms with Crippen LogP contribution in [0.4, 0.5) is 0 Å². The molecule has 0 unspecified atom stereocenters. The zero-order chi connectivity index (χ0) is 18.7. The third-order valence-electron chi connectivity index (χ3n) is 4.40. The molecule has 3 aromatic rings. The normalized spacial score (nSPS) is 12.3. The second-order valence-electron chi connectivity index (χ2n) is 7.44. The van der Waals surface area contributed by atoms with E-state index in [0.29, 0.717) is 0 Å². The van der Waals surface area contributed by atoms with Crippen molar-refractivity contribution in [3.8, 4) is 0 Å². The van der Waals surface area contributed by atoms with Crippen LogP contribution in [-0.4, -0.2) is 0 Å². The summed E-state index contributed by atoms with van der Waals surface area (Å²) in [5.74, 6) is 0. The van der Waals surface area contributed by atoms with Crippen LogP contribution in [0.5, 0.6) is 0 Å². The molecule has 0 spiro atoms. The fourth-order valence-corrected chi connectivity index (χ4v) is 3.37. The van der Waals surface area contributed by atoms with Crippen molar-refractivity contribution >= 4 is 43.5 Å². The summed E-state index contributed by atoms with van der Waals surface area (Å²) in [4.78, 5) is 0. The fourth-order valence-electron chi connectivity index (χ4n) is 2.84. The Morgan fingerprint density at radius 1 is 0.654 bits per heavy atom. The first kappa shape index (κ1) is 19.1. The summed E-state index contributed by atoms with van der Waals surface area (Å²) in [5.41, 5.74) is 6.35. The monoisotopic (exact) mass is 468 g/mol. The zero-order valence-electron chi connectivity index (χ0n) is 15.3. The molecule has 0 N–H and O–H groups in total. The Morgan fingerprint density at radius 3 is 1.54 bits per heavy atom. The van der Waals surface area contributed by atoms with E-state index in [1.165, 1.54) is 27.8 Å². The van der Waals surface area contributed by atoms with Crippen LogP contribution < -0.4 is 0 Å². The van der Waals surface area contributed by atoms with Crippen molar-refractivity contribution in [3.63, 3.8) is 0 Å². The smallest absolute Gasteiger partial charge is 0.0175 e. The molecule has 0 amide bonds. The van der Waals surface area contributed by atoms with Gasteiger partial charge in [0.2, 0.25) is 0 Å². The Balaban J connectivity index is 2.08. The Bertz CT molecular complexity index is 894. The average molecular weight is 470 g/mol. The van der Waals surface area contributed by atoms with Crippen LogP contribution in [0, 0.1) is 0 Å². The number of halogens is 2. The van der Waals surface area contributed by atoms with Gasteiger partial charge in [-0.15, -0.1) is 0 Å². The lowest BCUT2D eigenvalue weighted by Crippen LogP contribution is -2.10. The molecule has 0 aliphatic carbocycles. The summed E-state index contributed by atoms with van der Waals surface area (Å²) >= 11 is 7.04. The van der Waals surface area contributed by atoms with Gasteiger partial charge in [-0.05, 0) is 63.6 Å². The molecular weight excluding hydrogens is 448 g/mol. The molecule has 132 valence electrons. The molecule has 0 atom stereocenters. The van der Waals surface area contributed by atoms with E-state index in [9.17, 15) is 0 Å². The minimum absolute atomic E-state index is 0.158. The largest absolute Gasteiger partial charge is 0.0579 e. The first-order valence-electron chi connectivity index (χ1n) is 8.67. The Morgan fingerprint density at radius 2 is 1.08 bits per heavy atom. The molecule has 0 radical (unpaired) electrons. The predicted octanol–water partition coefficient (Wildman–Crippen LogP) is 8.10. The molecule has 3 rings (SSSR count). The SMILES string of the molecule is CC(C)(C)c1ccc(/C(=C/c2ccc(Br)cc2)c2ccc(Br)cc2)cc1. The molecule has 0 fully saturated rings. The Kier molecular flexibility index (Phi) is 5.84. The average Bonchev–Trinajstić information content (AvgIpc) is 2.62. The van der Waals surface area contributed by atoms with Gasteiger partial charge < -0.3 is 0 Å². The maximum atomic E-state index is 3.53. The second kappa shape index (κ2) is 7.94. The van der Waals surface area contributed by atoms with Gasteiger partial charge in [-0.1, -0.05) is 101 Å². The summed E-state index contributed by atoms with van der Waals surface area (Å²) in [6, 6.07) is 25.9. The highest BCUT2D eigenvalue weighted by Crippen LogP contribution is 2.30. The van der Waals surface area contributed by atoms with Gasteiger partial charge in [0.05, 0.1) is 0 Å². The third kappa shape index (κ3) is 4.75. The molecule has 0 aliphatic rings. The minimum Gasteiger partial charge on any atom is -0.0579 e. The van der Waals surface area contributed by atoms with Gasteiger partial charge in [0.25, 0.3) is 0 Å². The van der Waals surface area contributed by atoms with Crippen molar-refractivity contribution < 1.29 is 0 Å². The van der Waals surface area contributed by atoms with Gasteiger partial charge in [0, 0.05) is 8.95 Å². The van der Waals surface area contributed by atoms with Crippen LogP contribution in [0.25, 0.3) is 11.6 Å². The van der Waals surface area contributed by atoms with Crippen LogP contribution >= 0.6 is 31.9 Å². The highest BCUT2D eigenvalue weighted by molar-refractivity contribution is 9.10. The van der Waals surface area contributed by atoms with Crippen molar-refractivity contribution in [2.75, 3.05) is 0 Å². The van der Waals surface area contributed by atoms with E-state index in [1.807, 2.05) is 0 Å². The van der Waals surface area contributed by atoms with Crippen molar-refractivity contribution in [3.05, 3.63) is 104 Å². The van der Waals surface area contributed by atoms with Crippen LogP contribution in [0.15, 0.2) is 81.7 Å². The van der Waals surface area contributed by atoms with Gasteiger partial charge >= 0.3 is 0 Å². The summed E-state index contributed by atoms with van der Waals surface area (Å²) < 4.78 is 2.18. The number of rotatable bonds is 3. The quantitative estimate of drug-likeness (QED) is 0.340. The molecule has 3 aromatic carbocycles. The standard InChI is InChI=1S/C24H22Br2/c1-24(2,3)20-10-6-18(7-11-20)23(19-8-14-22(26)15-9-19)16-17-4-12-21(25)13-5-17/h4-16H,1-3H3/b23-16-. The van der Waals surface area contributed by atoms with Crippen LogP contribution in [0.3, 0.4) is 0 Å². The topological polar surface area (TPSA) is 0 Å². The van der Waals surface area contributed by atoms with Crippen molar-refractivity contribution in [1.29, 1.82) is 0 Å². The van der Waals surface area contributed by atoms with E-state index in [2.05, 4.69) is 132 Å². The third-order valence-corrected chi connectivity index (χ3v) is 5.46. The highest BCUT2D eigenvalue weighted by Gasteiger charge is 2.14. The maximum absolute atomic E-state index is 3.53. The second-order valence-corrected chi connectivity index (χ2v) is 9.28. The summed E-state index contributed by atoms with van der Waals surface area (Å²) in [7, 11) is 0. The van der Waals surface area contributed by atoms with Crippen LogP contribution in [0.2, 0.25) is 0 Å². The van der Waals surface area contributed by atoms with Gasteiger partial charge in [-0.2, -0.15) is 0 Å². The highest BCUT2D eigenvalue weighted by atomic mass is 79.9. The lowest BCUT2D eigenvalue weighted by molar-refractivity contribution is 0.590. The van der Waals surface area contributed by atoms with Crippen LogP contribution in [0.1, 0.15) is 43.0 Å². The van der Waals surface area contributed by atoms with E-state index in [1.54, 1.807) is 0 Å². The van der Waals surface area contributed by atoms with E-state index in [0.717, 1.165) is 8.95 Å². The van der Waals surface area contributed by atoms with Crippen molar-refractivity contribution in [2.24, 2.45) is 0 Å². The fraction of sp³-hybridized carbons (Fsp3) is 0.167. The lowest BCUT2D eigenvalue weighted by Gasteiger charge is -2.19.